The number of rotatable bonds is 0. The highest BCUT2D eigenvalue weighted by atomic mass is 16.5. The molecular formula is C23H34O3. The van der Waals surface area contributed by atoms with E-state index in [0.29, 0.717) is 37.3 Å². The molecule has 4 aliphatic carbocycles. The minimum Gasteiger partial charge on any atom is -0.376 e. The lowest BCUT2D eigenvalue weighted by molar-refractivity contribution is -0.218. The number of ether oxygens (including phenoxy) is 2. The molecule has 0 aromatic heterocycles. The standard InChI is InChI=1S/C23H34O3/c1-15-18-4-5-19-17-7-11-23(26-13-12-25-15)14-16(24)6-10-22(23,3)20(17)8-9-21(18,19)2/h8-9,15,17-20H,4-7,10-14H2,1-3H3/t15?,17-,18-,19-,20?,21-,22-,23?/m1/s1. The van der Waals surface area contributed by atoms with Crippen LogP contribution < -0.4 is 0 Å². The van der Waals surface area contributed by atoms with E-state index >= 15 is 0 Å². The first-order chi connectivity index (χ1) is 12.4. The fraction of sp³-hybridized carbons (Fsp3) is 0.870. The van der Waals surface area contributed by atoms with E-state index < -0.39 is 0 Å². The van der Waals surface area contributed by atoms with E-state index in [1.165, 1.54) is 19.3 Å². The van der Waals surface area contributed by atoms with Crippen molar-refractivity contribution in [1.29, 1.82) is 0 Å². The van der Waals surface area contributed by atoms with Crippen molar-refractivity contribution in [2.24, 2.45) is 34.5 Å². The summed E-state index contributed by atoms with van der Waals surface area (Å²) in [5.41, 5.74) is 0.0947. The van der Waals surface area contributed by atoms with Crippen LogP contribution >= 0.6 is 0 Å². The molecule has 0 aromatic rings. The minimum absolute atomic E-state index is 0.0879. The van der Waals surface area contributed by atoms with Gasteiger partial charge in [0.15, 0.2) is 0 Å². The van der Waals surface area contributed by atoms with Crippen LogP contribution in [0.3, 0.4) is 0 Å². The van der Waals surface area contributed by atoms with Crippen LogP contribution in [0.4, 0.5) is 0 Å². The van der Waals surface area contributed by atoms with Crippen LogP contribution in [0.5, 0.6) is 0 Å². The van der Waals surface area contributed by atoms with E-state index in [4.69, 9.17) is 9.47 Å². The van der Waals surface area contributed by atoms with Gasteiger partial charge in [0.05, 0.1) is 24.9 Å². The quantitative estimate of drug-likeness (QED) is 0.596. The Labute approximate surface area is 157 Å². The highest BCUT2D eigenvalue weighted by molar-refractivity contribution is 5.81. The zero-order chi connectivity index (χ0) is 18.2. The number of Topliss-reactive ketones (excluding diaryl/α,β-unsaturated/α-hetero) is 1. The number of ketones is 1. The first kappa shape index (κ1) is 17.4. The SMILES string of the molecule is CC1OCCOC23CC[C@H]4C(C=C[C@]5(C)[C@@H]1CC[C@H]45)[C@@]2(C)CCC(=O)C3. The van der Waals surface area contributed by atoms with E-state index in [0.717, 1.165) is 31.1 Å². The summed E-state index contributed by atoms with van der Waals surface area (Å²) in [7, 11) is 0. The first-order valence-corrected chi connectivity index (χ1v) is 10.9. The van der Waals surface area contributed by atoms with Crippen LogP contribution in [-0.4, -0.2) is 30.7 Å². The third kappa shape index (κ3) is 2.11. The molecule has 0 amide bonds. The zero-order valence-corrected chi connectivity index (χ0v) is 16.6. The normalized spacial score (nSPS) is 56.1. The minimum atomic E-state index is -0.272. The molecule has 6 bridgehead atoms. The van der Waals surface area contributed by atoms with Gasteiger partial charge < -0.3 is 9.47 Å². The molecule has 0 radical (unpaired) electrons. The van der Waals surface area contributed by atoms with Gasteiger partial charge in [0.25, 0.3) is 0 Å². The molecule has 2 aliphatic heterocycles. The van der Waals surface area contributed by atoms with Gasteiger partial charge in [-0.25, -0.2) is 0 Å². The van der Waals surface area contributed by atoms with E-state index in [1.807, 2.05) is 0 Å². The summed E-state index contributed by atoms with van der Waals surface area (Å²) < 4.78 is 12.9. The van der Waals surface area contributed by atoms with Gasteiger partial charge in [-0.3, -0.25) is 4.79 Å². The van der Waals surface area contributed by atoms with Crippen LogP contribution in [0, 0.1) is 34.5 Å². The fourth-order valence-corrected chi connectivity index (χ4v) is 8.04. The molecule has 4 fully saturated rings. The first-order valence-electron chi connectivity index (χ1n) is 10.9. The van der Waals surface area contributed by atoms with Crippen LogP contribution in [0.15, 0.2) is 12.2 Å². The topological polar surface area (TPSA) is 35.5 Å². The van der Waals surface area contributed by atoms with E-state index in [2.05, 4.69) is 32.9 Å². The smallest absolute Gasteiger partial charge is 0.135 e. The lowest BCUT2D eigenvalue weighted by Gasteiger charge is -2.63. The molecular weight excluding hydrogens is 324 g/mol. The van der Waals surface area contributed by atoms with Gasteiger partial charge in [0.1, 0.15) is 5.78 Å². The largest absolute Gasteiger partial charge is 0.376 e. The number of hydrogen-bond donors (Lipinski definition) is 0. The summed E-state index contributed by atoms with van der Waals surface area (Å²) in [5, 5.41) is 0. The molecule has 6 rings (SSSR count). The average Bonchev–Trinajstić information content (AvgIpc) is 2.96. The van der Waals surface area contributed by atoms with E-state index in [9.17, 15) is 4.79 Å². The highest BCUT2D eigenvalue weighted by Gasteiger charge is 2.64. The maximum Gasteiger partial charge on any atom is 0.135 e. The third-order valence-corrected chi connectivity index (χ3v) is 9.50. The van der Waals surface area contributed by atoms with Crippen LogP contribution in [-0.2, 0) is 14.3 Å². The van der Waals surface area contributed by atoms with Gasteiger partial charge in [-0.05, 0) is 68.1 Å². The number of fused-ring (bicyclic) bond motifs is 5. The second-order valence-corrected chi connectivity index (χ2v) is 10.3. The molecule has 3 saturated carbocycles. The Balaban J connectivity index is 1.63. The lowest BCUT2D eigenvalue weighted by atomic mass is 9.45. The highest BCUT2D eigenvalue weighted by Crippen LogP contribution is 2.67. The average molecular weight is 359 g/mol. The van der Waals surface area contributed by atoms with Crippen molar-refractivity contribution >= 4 is 5.78 Å². The predicted molar refractivity (Wildman–Crippen MR) is 101 cm³/mol. The summed E-state index contributed by atoms with van der Waals surface area (Å²) in [4.78, 5) is 12.4. The monoisotopic (exact) mass is 358 g/mol. The van der Waals surface area contributed by atoms with Crippen molar-refractivity contribution in [3.8, 4) is 0 Å². The summed E-state index contributed by atoms with van der Waals surface area (Å²) in [6.07, 6.45) is 12.6. The van der Waals surface area contributed by atoms with Gasteiger partial charge in [-0.15, -0.1) is 0 Å². The summed E-state index contributed by atoms with van der Waals surface area (Å²) in [6.45, 7) is 8.47. The molecule has 6 aliphatic rings. The van der Waals surface area contributed by atoms with Crippen LogP contribution in [0.1, 0.15) is 65.7 Å². The Morgan fingerprint density at radius 1 is 1.08 bits per heavy atom. The number of carbonyl (C=O) groups excluding carboxylic acids is 1. The molecule has 2 heterocycles. The maximum atomic E-state index is 12.4. The molecule has 3 unspecified atom stereocenters. The Hall–Kier alpha value is -0.670. The molecule has 144 valence electrons. The molecule has 1 saturated heterocycles. The van der Waals surface area contributed by atoms with E-state index in [1.54, 1.807) is 0 Å². The van der Waals surface area contributed by atoms with Gasteiger partial charge in [0, 0.05) is 18.3 Å². The summed E-state index contributed by atoms with van der Waals surface area (Å²) in [5.74, 6) is 3.10. The lowest BCUT2D eigenvalue weighted by Crippen LogP contribution is -2.63. The summed E-state index contributed by atoms with van der Waals surface area (Å²) >= 11 is 0. The Morgan fingerprint density at radius 3 is 2.73 bits per heavy atom. The Bertz CT molecular complexity index is 641. The van der Waals surface area contributed by atoms with Crippen LogP contribution in [0.2, 0.25) is 0 Å². The zero-order valence-electron chi connectivity index (χ0n) is 16.6. The third-order valence-electron chi connectivity index (χ3n) is 9.50. The number of allylic oxidation sites excluding steroid dienone is 2. The molecule has 3 nitrogen and oxygen atoms in total. The van der Waals surface area contributed by atoms with Crippen molar-refractivity contribution in [2.75, 3.05) is 13.2 Å². The van der Waals surface area contributed by atoms with Crippen molar-refractivity contribution in [3.63, 3.8) is 0 Å². The molecule has 0 aromatic carbocycles. The molecule has 3 heteroatoms. The molecule has 1 spiro atoms. The van der Waals surface area contributed by atoms with Gasteiger partial charge >= 0.3 is 0 Å². The maximum absolute atomic E-state index is 12.4. The van der Waals surface area contributed by atoms with Crippen LogP contribution in [0.25, 0.3) is 0 Å². The Kier molecular flexibility index (Phi) is 3.80. The fourth-order valence-electron chi connectivity index (χ4n) is 8.04. The van der Waals surface area contributed by atoms with Crippen molar-refractivity contribution in [2.45, 2.75) is 77.4 Å². The van der Waals surface area contributed by atoms with Crippen molar-refractivity contribution in [3.05, 3.63) is 12.2 Å². The molecule has 26 heavy (non-hydrogen) atoms. The molecule has 0 N–H and O–H groups in total. The second kappa shape index (κ2) is 5.67. The predicted octanol–water partition coefficient (Wildman–Crippen LogP) is 4.55. The van der Waals surface area contributed by atoms with Gasteiger partial charge in [-0.1, -0.05) is 26.0 Å². The van der Waals surface area contributed by atoms with Gasteiger partial charge in [-0.2, -0.15) is 0 Å². The summed E-state index contributed by atoms with van der Waals surface area (Å²) in [6, 6.07) is 0. The van der Waals surface area contributed by atoms with Crippen molar-refractivity contribution < 1.29 is 14.3 Å². The molecule has 8 atom stereocenters. The van der Waals surface area contributed by atoms with Gasteiger partial charge in [0.2, 0.25) is 0 Å². The number of carbonyl (C=O) groups is 1. The Morgan fingerprint density at radius 2 is 1.88 bits per heavy atom. The second-order valence-electron chi connectivity index (χ2n) is 10.3. The van der Waals surface area contributed by atoms with E-state index in [-0.39, 0.29) is 22.5 Å². The van der Waals surface area contributed by atoms with Crippen molar-refractivity contribution in [1.82, 2.24) is 0 Å². The number of hydrogen-bond acceptors (Lipinski definition) is 3.